The Morgan fingerprint density at radius 2 is 2.14 bits per heavy atom. The predicted octanol–water partition coefficient (Wildman–Crippen LogP) is 3.60. The van der Waals surface area contributed by atoms with Crippen LogP contribution in [0.3, 0.4) is 0 Å². The Morgan fingerprint density at radius 1 is 1.48 bits per heavy atom. The van der Waals surface area contributed by atoms with Crippen molar-refractivity contribution < 1.29 is 9.13 Å². The zero-order chi connectivity index (χ0) is 15.6. The van der Waals surface area contributed by atoms with Crippen molar-refractivity contribution in [2.24, 2.45) is 0 Å². The molecule has 21 heavy (non-hydrogen) atoms. The lowest BCUT2D eigenvalue weighted by Gasteiger charge is -2.29. The summed E-state index contributed by atoms with van der Waals surface area (Å²) in [5.41, 5.74) is 0.294. The van der Waals surface area contributed by atoms with Gasteiger partial charge < -0.3 is 5.21 Å². The molecule has 3 nitrogen and oxygen atoms in total. The third-order valence-electron chi connectivity index (χ3n) is 3.38. The van der Waals surface area contributed by atoms with Gasteiger partial charge in [0.2, 0.25) is 0 Å². The monoisotopic (exact) mass is 326 g/mol. The van der Waals surface area contributed by atoms with E-state index in [1.54, 1.807) is 18.2 Å². The highest BCUT2D eigenvalue weighted by molar-refractivity contribution is 8.24. The molecule has 1 heterocycles. The molecule has 6 heteroatoms. The van der Waals surface area contributed by atoms with Crippen LogP contribution in [0.15, 0.2) is 24.3 Å². The first-order chi connectivity index (χ1) is 9.86. The average molecular weight is 326 g/mol. The Bertz CT molecular complexity index is 575. The standard InChI is InChI=1S/C15H19FN2OS2/c1-4-9-17-13(15(2,3)21-14(17)20)18(19)10-11-7-5-6-8-12(11)16/h5-8,10,13H,4,9H2,1-3H3/b18-10-. The van der Waals surface area contributed by atoms with Crippen LogP contribution in [0.25, 0.3) is 0 Å². The van der Waals surface area contributed by atoms with Gasteiger partial charge in [-0.05, 0) is 32.4 Å². The van der Waals surface area contributed by atoms with Crippen molar-refractivity contribution in [3.8, 4) is 0 Å². The zero-order valence-corrected chi connectivity index (χ0v) is 14.0. The summed E-state index contributed by atoms with van der Waals surface area (Å²) in [5.74, 6) is -0.397. The Hall–Kier alpha value is -1.14. The van der Waals surface area contributed by atoms with Crippen LogP contribution in [0.5, 0.6) is 0 Å². The zero-order valence-electron chi connectivity index (χ0n) is 12.4. The molecule has 2 rings (SSSR count). The highest BCUT2D eigenvalue weighted by atomic mass is 32.2. The molecule has 1 unspecified atom stereocenters. The van der Waals surface area contributed by atoms with Gasteiger partial charge in [0.05, 0.1) is 5.56 Å². The van der Waals surface area contributed by atoms with Crippen LogP contribution >= 0.6 is 24.0 Å². The molecular formula is C15H19FN2OS2. The van der Waals surface area contributed by atoms with Crippen molar-refractivity contribution in [1.82, 2.24) is 4.90 Å². The molecule has 0 saturated carbocycles. The van der Waals surface area contributed by atoms with E-state index < -0.39 is 12.0 Å². The van der Waals surface area contributed by atoms with Crippen molar-refractivity contribution in [2.75, 3.05) is 6.54 Å². The van der Waals surface area contributed by atoms with Gasteiger partial charge in [0, 0.05) is 6.54 Å². The van der Waals surface area contributed by atoms with Gasteiger partial charge in [-0.3, -0.25) is 4.90 Å². The molecule has 1 aromatic rings. The Kier molecular flexibility index (Phi) is 4.88. The number of benzene rings is 1. The summed E-state index contributed by atoms with van der Waals surface area (Å²) in [6.45, 7) is 6.75. The maximum Gasteiger partial charge on any atom is 0.254 e. The van der Waals surface area contributed by atoms with Crippen LogP contribution in [0.4, 0.5) is 4.39 Å². The lowest BCUT2D eigenvalue weighted by molar-refractivity contribution is -0.523. The topological polar surface area (TPSA) is 29.3 Å². The number of thioether (sulfide) groups is 1. The lowest BCUT2D eigenvalue weighted by atomic mass is 10.1. The van der Waals surface area contributed by atoms with E-state index >= 15 is 0 Å². The van der Waals surface area contributed by atoms with Crippen LogP contribution in [0, 0.1) is 11.0 Å². The van der Waals surface area contributed by atoms with E-state index in [4.69, 9.17) is 12.2 Å². The molecule has 1 atom stereocenters. The smallest absolute Gasteiger partial charge is 0.254 e. The fourth-order valence-corrected chi connectivity index (χ4v) is 4.43. The van der Waals surface area contributed by atoms with E-state index in [0.29, 0.717) is 5.56 Å². The van der Waals surface area contributed by atoms with Crippen LogP contribution in [-0.2, 0) is 0 Å². The Balaban J connectivity index is 2.37. The fourth-order valence-electron chi connectivity index (χ4n) is 2.50. The highest BCUT2D eigenvalue weighted by Crippen LogP contribution is 2.41. The Labute approximate surface area is 134 Å². The second-order valence-corrected chi connectivity index (χ2v) is 7.84. The second kappa shape index (κ2) is 6.32. The van der Waals surface area contributed by atoms with E-state index in [0.717, 1.165) is 22.0 Å². The lowest BCUT2D eigenvalue weighted by Crippen LogP contribution is -2.48. The summed E-state index contributed by atoms with van der Waals surface area (Å²) in [7, 11) is 0. The number of hydrogen-bond acceptors (Lipinski definition) is 3. The Morgan fingerprint density at radius 3 is 2.76 bits per heavy atom. The second-order valence-electron chi connectivity index (χ2n) is 5.55. The minimum Gasteiger partial charge on any atom is -0.622 e. The van der Waals surface area contributed by atoms with E-state index in [1.807, 2.05) is 25.7 Å². The average Bonchev–Trinajstić information content (AvgIpc) is 2.62. The molecule has 1 aromatic carbocycles. The first-order valence-corrected chi connectivity index (χ1v) is 8.13. The van der Waals surface area contributed by atoms with Gasteiger partial charge in [-0.15, -0.1) is 0 Å². The van der Waals surface area contributed by atoms with Gasteiger partial charge >= 0.3 is 0 Å². The molecule has 0 N–H and O–H groups in total. The fraction of sp³-hybridized carbons (Fsp3) is 0.467. The largest absolute Gasteiger partial charge is 0.622 e. The molecule has 1 saturated heterocycles. The van der Waals surface area contributed by atoms with Crippen molar-refractivity contribution in [3.63, 3.8) is 0 Å². The molecular weight excluding hydrogens is 307 g/mol. The number of hydroxylamine groups is 1. The van der Waals surface area contributed by atoms with Gasteiger partial charge in [-0.1, -0.05) is 43.0 Å². The van der Waals surface area contributed by atoms with Gasteiger partial charge in [-0.2, -0.15) is 4.74 Å². The van der Waals surface area contributed by atoms with Crippen molar-refractivity contribution in [1.29, 1.82) is 0 Å². The number of thiocarbonyl (C=S) groups is 1. The summed E-state index contributed by atoms with van der Waals surface area (Å²) in [6, 6.07) is 6.27. The van der Waals surface area contributed by atoms with Crippen LogP contribution in [0.1, 0.15) is 32.8 Å². The van der Waals surface area contributed by atoms with E-state index in [1.165, 1.54) is 24.0 Å². The number of hydrogen-bond donors (Lipinski definition) is 0. The molecule has 0 aromatic heterocycles. The van der Waals surface area contributed by atoms with Gasteiger partial charge in [0.15, 0.2) is 6.21 Å². The summed E-state index contributed by atoms with van der Waals surface area (Å²) in [5, 5.41) is 12.6. The summed E-state index contributed by atoms with van der Waals surface area (Å²) < 4.78 is 14.9. The van der Waals surface area contributed by atoms with Crippen LogP contribution in [0.2, 0.25) is 0 Å². The molecule has 0 spiro atoms. The molecule has 1 fully saturated rings. The molecule has 114 valence electrons. The highest BCUT2D eigenvalue weighted by Gasteiger charge is 2.50. The minimum atomic E-state index is -0.422. The molecule has 0 bridgehead atoms. The maximum absolute atomic E-state index is 13.7. The SMILES string of the molecule is CCCN1C(=S)SC(C)(C)C1/[N+]([O-])=C/c1ccccc1F. The van der Waals surface area contributed by atoms with E-state index in [2.05, 4.69) is 0 Å². The summed E-state index contributed by atoms with van der Waals surface area (Å²) in [4.78, 5) is 1.93. The van der Waals surface area contributed by atoms with Crippen LogP contribution < -0.4 is 0 Å². The molecule has 1 aliphatic heterocycles. The minimum absolute atomic E-state index is 0.294. The molecule has 0 amide bonds. The third kappa shape index (κ3) is 3.37. The first-order valence-electron chi connectivity index (χ1n) is 6.91. The van der Waals surface area contributed by atoms with E-state index in [-0.39, 0.29) is 4.75 Å². The van der Waals surface area contributed by atoms with Crippen molar-refractivity contribution >= 4 is 34.5 Å². The summed E-state index contributed by atoms with van der Waals surface area (Å²) >= 11 is 6.90. The quantitative estimate of drug-likeness (QED) is 0.278. The van der Waals surface area contributed by atoms with Gasteiger partial charge in [0.1, 0.15) is 14.9 Å². The molecule has 0 aliphatic carbocycles. The number of halogens is 1. The van der Waals surface area contributed by atoms with E-state index in [9.17, 15) is 9.60 Å². The normalized spacial score (nSPS) is 21.9. The summed E-state index contributed by atoms with van der Waals surface area (Å²) in [6.07, 6.45) is 1.80. The maximum atomic E-state index is 13.7. The van der Waals surface area contributed by atoms with Crippen molar-refractivity contribution in [3.05, 3.63) is 40.9 Å². The molecule has 0 radical (unpaired) electrons. The van der Waals surface area contributed by atoms with Gasteiger partial charge in [0.25, 0.3) is 6.17 Å². The predicted molar refractivity (Wildman–Crippen MR) is 90.2 cm³/mol. The number of nitrogens with zero attached hydrogens (tertiary/aromatic N) is 2. The van der Waals surface area contributed by atoms with Crippen molar-refractivity contribution in [2.45, 2.75) is 38.1 Å². The number of rotatable bonds is 4. The van der Waals surface area contributed by atoms with Gasteiger partial charge in [-0.25, -0.2) is 4.39 Å². The molecule has 1 aliphatic rings. The van der Waals surface area contributed by atoms with Crippen LogP contribution in [-0.4, -0.2) is 37.6 Å². The first kappa shape index (κ1) is 16.2. The third-order valence-corrected chi connectivity index (χ3v) is 5.01.